The van der Waals surface area contributed by atoms with Crippen LogP contribution in [0.25, 0.3) is 0 Å². The summed E-state index contributed by atoms with van der Waals surface area (Å²) in [5.41, 5.74) is 6.20. The number of nitrogens with two attached hydrogens (primary N) is 1. The molecule has 1 fully saturated rings. The molecule has 0 radical (unpaired) electrons. The van der Waals surface area contributed by atoms with Crippen molar-refractivity contribution < 1.29 is 18.7 Å². The van der Waals surface area contributed by atoms with Crippen molar-refractivity contribution in [3.8, 4) is 0 Å². The van der Waals surface area contributed by atoms with Crippen molar-refractivity contribution in [2.24, 2.45) is 0 Å². The molecule has 0 aromatic heterocycles. The number of hydrogen-bond donors (Lipinski definition) is 1. The summed E-state index contributed by atoms with van der Waals surface area (Å²) in [5.74, 6) is -1.03. The third-order valence-electron chi connectivity index (χ3n) is 3.36. The molecule has 0 spiro atoms. The molecular formula is C13H17FN2O3. The zero-order valence-corrected chi connectivity index (χ0v) is 11.0. The van der Waals surface area contributed by atoms with E-state index in [-0.39, 0.29) is 17.3 Å². The number of likely N-dealkylation sites (N-methyl/N-ethyl adjacent to an activating group) is 1. The lowest BCUT2D eigenvalue weighted by Gasteiger charge is -2.26. The van der Waals surface area contributed by atoms with Crippen LogP contribution in [0.4, 0.5) is 15.8 Å². The van der Waals surface area contributed by atoms with Gasteiger partial charge in [-0.3, -0.25) is 0 Å². The molecule has 5 nitrogen and oxygen atoms in total. The second kappa shape index (κ2) is 5.44. The highest BCUT2D eigenvalue weighted by Gasteiger charge is 2.24. The van der Waals surface area contributed by atoms with Gasteiger partial charge in [0.15, 0.2) is 0 Å². The maximum Gasteiger partial charge on any atom is 0.340 e. The van der Waals surface area contributed by atoms with E-state index < -0.39 is 11.8 Å². The number of nitrogens with zero attached hydrogens (tertiary/aromatic N) is 1. The minimum Gasteiger partial charge on any atom is -0.465 e. The van der Waals surface area contributed by atoms with E-state index in [2.05, 4.69) is 4.74 Å². The maximum atomic E-state index is 14.0. The first-order valence-electron chi connectivity index (χ1n) is 6.02. The standard InChI is InChI=1S/C13H17FN2O3/c1-16(8-3-4-19-7-8)12-5-9(13(17)18-2)11(15)6-10(12)14/h5-6,8H,3-4,7,15H2,1-2H3. The third-order valence-corrected chi connectivity index (χ3v) is 3.36. The molecule has 0 saturated carbocycles. The van der Waals surface area contributed by atoms with Gasteiger partial charge in [-0.15, -0.1) is 0 Å². The van der Waals surface area contributed by atoms with Gasteiger partial charge >= 0.3 is 5.97 Å². The Morgan fingerprint density at radius 1 is 1.58 bits per heavy atom. The van der Waals surface area contributed by atoms with E-state index in [1.54, 1.807) is 11.9 Å². The number of methoxy groups -OCH3 is 1. The van der Waals surface area contributed by atoms with Crippen LogP contribution >= 0.6 is 0 Å². The Balaban J connectivity index is 2.36. The summed E-state index contributed by atoms with van der Waals surface area (Å²) in [5, 5.41) is 0. The molecule has 0 aliphatic carbocycles. The average molecular weight is 268 g/mol. The molecule has 1 saturated heterocycles. The minimum absolute atomic E-state index is 0.0733. The Bertz CT molecular complexity index is 487. The predicted molar refractivity (Wildman–Crippen MR) is 69.8 cm³/mol. The van der Waals surface area contributed by atoms with Crippen molar-refractivity contribution in [2.45, 2.75) is 12.5 Å². The number of benzene rings is 1. The van der Waals surface area contributed by atoms with Crippen LogP contribution in [0.15, 0.2) is 12.1 Å². The predicted octanol–water partition coefficient (Wildman–Crippen LogP) is 1.42. The fraction of sp³-hybridized carbons (Fsp3) is 0.462. The van der Waals surface area contributed by atoms with Crippen LogP contribution in [0.1, 0.15) is 16.8 Å². The largest absolute Gasteiger partial charge is 0.465 e. The van der Waals surface area contributed by atoms with Crippen molar-refractivity contribution in [3.05, 3.63) is 23.5 Å². The normalized spacial score (nSPS) is 18.4. The molecule has 1 aliphatic rings. The number of esters is 1. The highest BCUT2D eigenvalue weighted by molar-refractivity contribution is 5.96. The Kier molecular flexibility index (Phi) is 3.90. The van der Waals surface area contributed by atoms with Crippen LogP contribution in [0.3, 0.4) is 0 Å². The molecule has 1 heterocycles. The molecule has 6 heteroatoms. The number of carbonyl (C=O) groups is 1. The number of ether oxygens (including phenoxy) is 2. The Morgan fingerprint density at radius 3 is 2.89 bits per heavy atom. The molecule has 2 rings (SSSR count). The molecule has 1 unspecified atom stereocenters. The first kappa shape index (κ1) is 13.6. The van der Waals surface area contributed by atoms with E-state index in [9.17, 15) is 9.18 Å². The van der Waals surface area contributed by atoms with Crippen molar-refractivity contribution >= 4 is 17.3 Å². The molecule has 104 valence electrons. The lowest BCUT2D eigenvalue weighted by molar-refractivity contribution is 0.0602. The van der Waals surface area contributed by atoms with Gasteiger partial charge in [0.25, 0.3) is 0 Å². The maximum absolute atomic E-state index is 14.0. The zero-order chi connectivity index (χ0) is 14.0. The van der Waals surface area contributed by atoms with Gasteiger partial charge in [0.05, 0.1) is 31.0 Å². The Morgan fingerprint density at radius 2 is 2.32 bits per heavy atom. The second-order valence-electron chi connectivity index (χ2n) is 4.51. The molecule has 0 amide bonds. The molecule has 1 atom stereocenters. The third kappa shape index (κ3) is 2.63. The summed E-state index contributed by atoms with van der Waals surface area (Å²) < 4.78 is 23.9. The Hall–Kier alpha value is -1.82. The summed E-state index contributed by atoms with van der Waals surface area (Å²) in [4.78, 5) is 13.3. The molecule has 1 aromatic rings. The quantitative estimate of drug-likeness (QED) is 0.663. The number of rotatable bonds is 3. The van der Waals surface area contributed by atoms with E-state index in [0.717, 1.165) is 12.5 Å². The van der Waals surface area contributed by atoms with Crippen molar-refractivity contribution in [2.75, 3.05) is 38.0 Å². The lowest BCUT2D eigenvalue weighted by atomic mass is 10.1. The molecule has 0 bridgehead atoms. The number of hydrogen-bond acceptors (Lipinski definition) is 5. The van der Waals surface area contributed by atoms with E-state index in [1.165, 1.54) is 13.2 Å². The summed E-state index contributed by atoms with van der Waals surface area (Å²) in [6.45, 7) is 1.21. The van der Waals surface area contributed by atoms with Gasteiger partial charge in [-0.2, -0.15) is 0 Å². The van der Waals surface area contributed by atoms with Crippen LogP contribution < -0.4 is 10.6 Å². The van der Waals surface area contributed by atoms with Crippen LogP contribution in [0.5, 0.6) is 0 Å². The van der Waals surface area contributed by atoms with Crippen LogP contribution in [-0.2, 0) is 9.47 Å². The second-order valence-corrected chi connectivity index (χ2v) is 4.51. The number of nitrogen functional groups attached to an aromatic ring is 1. The van der Waals surface area contributed by atoms with Crippen LogP contribution in [-0.4, -0.2) is 39.4 Å². The number of carbonyl (C=O) groups excluding carboxylic acids is 1. The minimum atomic E-state index is -0.574. The fourth-order valence-electron chi connectivity index (χ4n) is 2.16. The first-order valence-corrected chi connectivity index (χ1v) is 6.02. The molecule has 1 aliphatic heterocycles. The van der Waals surface area contributed by atoms with E-state index in [1.807, 2.05) is 0 Å². The summed E-state index contributed by atoms with van der Waals surface area (Å²) in [7, 11) is 3.04. The molecule has 2 N–H and O–H groups in total. The van der Waals surface area contributed by atoms with Crippen LogP contribution in [0, 0.1) is 5.82 Å². The smallest absolute Gasteiger partial charge is 0.340 e. The molecule has 1 aromatic carbocycles. The van der Waals surface area contributed by atoms with Gasteiger partial charge in [0.1, 0.15) is 5.82 Å². The van der Waals surface area contributed by atoms with E-state index in [4.69, 9.17) is 10.5 Å². The summed E-state index contributed by atoms with van der Waals surface area (Å²) >= 11 is 0. The first-order chi connectivity index (χ1) is 9.04. The van der Waals surface area contributed by atoms with Crippen molar-refractivity contribution in [3.63, 3.8) is 0 Å². The van der Waals surface area contributed by atoms with Gasteiger partial charge in [0.2, 0.25) is 0 Å². The van der Waals surface area contributed by atoms with Gasteiger partial charge in [-0.1, -0.05) is 0 Å². The van der Waals surface area contributed by atoms with Gasteiger partial charge < -0.3 is 20.1 Å². The lowest BCUT2D eigenvalue weighted by Crippen LogP contribution is -2.32. The van der Waals surface area contributed by atoms with Crippen molar-refractivity contribution in [1.82, 2.24) is 0 Å². The SMILES string of the molecule is COC(=O)c1cc(N(C)C2CCOC2)c(F)cc1N. The van der Waals surface area contributed by atoms with Crippen LogP contribution in [0.2, 0.25) is 0 Å². The van der Waals surface area contributed by atoms with E-state index in [0.29, 0.717) is 18.9 Å². The van der Waals surface area contributed by atoms with Gasteiger partial charge in [0, 0.05) is 19.3 Å². The van der Waals surface area contributed by atoms with Crippen molar-refractivity contribution in [1.29, 1.82) is 0 Å². The van der Waals surface area contributed by atoms with Gasteiger partial charge in [-0.05, 0) is 18.6 Å². The number of anilines is 2. The zero-order valence-electron chi connectivity index (χ0n) is 11.0. The van der Waals surface area contributed by atoms with Gasteiger partial charge in [-0.25, -0.2) is 9.18 Å². The monoisotopic (exact) mass is 268 g/mol. The Labute approximate surface area is 111 Å². The molecular weight excluding hydrogens is 251 g/mol. The highest BCUT2D eigenvalue weighted by atomic mass is 19.1. The average Bonchev–Trinajstić information content (AvgIpc) is 2.91. The summed E-state index contributed by atoms with van der Waals surface area (Å²) in [6, 6.07) is 2.67. The molecule has 19 heavy (non-hydrogen) atoms. The van der Waals surface area contributed by atoms with E-state index >= 15 is 0 Å². The number of halogens is 1. The highest BCUT2D eigenvalue weighted by Crippen LogP contribution is 2.28. The fourth-order valence-corrected chi connectivity index (χ4v) is 2.16. The summed E-state index contributed by atoms with van der Waals surface area (Å²) in [6.07, 6.45) is 0.827. The topological polar surface area (TPSA) is 64.8 Å².